The normalized spacial score (nSPS) is 10.8. The lowest BCUT2D eigenvalue weighted by atomic mass is 9.80. The van der Waals surface area contributed by atoms with Crippen molar-refractivity contribution in [1.82, 2.24) is 24.5 Å². The highest BCUT2D eigenvalue weighted by atomic mass is 16.5. The lowest BCUT2D eigenvalue weighted by molar-refractivity contribution is 0.0990. The Morgan fingerprint density at radius 3 is 2.68 bits per heavy atom. The van der Waals surface area contributed by atoms with Crippen molar-refractivity contribution >= 4 is 35.5 Å². The first kappa shape index (κ1) is 20.3. The third-order valence-corrected chi connectivity index (χ3v) is 4.46. The van der Waals surface area contributed by atoms with Gasteiger partial charge in [-0.05, 0) is 23.2 Å². The number of para-hydroxylation sites is 2. The Balaban J connectivity index is 1.73. The summed E-state index contributed by atoms with van der Waals surface area (Å²) in [4.78, 5) is 28.8. The van der Waals surface area contributed by atoms with Crippen LogP contribution in [0.25, 0.3) is 17.0 Å². The summed E-state index contributed by atoms with van der Waals surface area (Å²) in [6.45, 7) is 0.254. The minimum atomic E-state index is -1.58. The van der Waals surface area contributed by atoms with E-state index in [0.29, 0.717) is 16.5 Å². The van der Waals surface area contributed by atoms with Crippen LogP contribution < -0.4 is 21.3 Å². The van der Waals surface area contributed by atoms with Crippen molar-refractivity contribution < 1.29 is 19.6 Å². The highest BCUT2D eigenvalue weighted by Crippen LogP contribution is 2.24. The molecule has 4 rings (SSSR count). The lowest BCUT2D eigenvalue weighted by Gasteiger charge is -2.11. The molecule has 0 bridgehead atoms. The van der Waals surface area contributed by atoms with Crippen molar-refractivity contribution in [2.75, 3.05) is 12.4 Å². The van der Waals surface area contributed by atoms with Crippen molar-refractivity contribution in [2.45, 2.75) is 6.54 Å². The minimum Gasteiger partial charge on any atom is -0.468 e. The van der Waals surface area contributed by atoms with Crippen LogP contribution in [0.4, 0.5) is 5.95 Å². The average molecular weight is 419 g/mol. The van der Waals surface area contributed by atoms with Gasteiger partial charge in [-0.25, -0.2) is 4.57 Å². The molecule has 0 saturated heterocycles. The topological polar surface area (TPSA) is 161 Å². The van der Waals surface area contributed by atoms with Gasteiger partial charge < -0.3 is 25.8 Å². The molecule has 156 valence electrons. The van der Waals surface area contributed by atoms with Crippen LogP contribution >= 0.6 is 0 Å². The Morgan fingerprint density at radius 1 is 1.13 bits per heavy atom. The molecule has 0 spiro atoms. The Kier molecular flexibility index (Phi) is 5.47. The van der Waals surface area contributed by atoms with Gasteiger partial charge >= 0.3 is 13.1 Å². The molecule has 31 heavy (non-hydrogen) atoms. The predicted molar refractivity (Wildman–Crippen MR) is 113 cm³/mol. The zero-order valence-corrected chi connectivity index (χ0v) is 16.4. The van der Waals surface area contributed by atoms with Crippen LogP contribution in [0.1, 0.15) is 16.2 Å². The molecule has 0 unspecified atom stereocenters. The molecular weight excluding hydrogens is 401 g/mol. The van der Waals surface area contributed by atoms with E-state index in [4.69, 9.17) is 10.5 Å². The van der Waals surface area contributed by atoms with Crippen LogP contribution in [-0.4, -0.2) is 54.7 Å². The molecule has 0 aliphatic heterocycles. The second-order valence-corrected chi connectivity index (χ2v) is 6.54. The van der Waals surface area contributed by atoms with Crippen molar-refractivity contribution in [1.29, 1.82) is 0 Å². The van der Waals surface area contributed by atoms with Crippen LogP contribution in [0.2, 0.25) is 0 Å². The number of rotatable bonds is 7. The maximum absolute atomic E-state index is 11.8. The molecule has 0 fully saturated rings. The number of fused-ring (bicyclic) bond motifs is 1. The highest BCUT2D eigenvalue weighted by molar-refractivity contribution is 6.58. The smallest absolute Gasteiger partial charge is 0.468 e. The molecule has 4 aromatic rings. The van der Waals surface area contributed by atoms with Gasteiger partial charge in [0.25, 0.3) is 5.91 Å². The van der Waals surface area contributed by atoms with Crippen LogP contribution in [0, 0.1) is 0 Å². The van der Waals surface area contributed by atoms with Gasteiger partial charge in [-0.3, -0.25) is 4.79 Å². The summed E-state index contributed by atoms with van der Waals surface area (Å²) in [6, 6.07) is 14.2. The quantitative estimate of drug-likeness (QED) is 0.292. The molecule has 1 amide bonds. The van der Waals surface area contributed by atoms with E-state index in [1.165, 1.54) is 7.11 Å². The third-order valence-electron chi connectivity index (χ3n) is 4.46. The fourth-order valence-electron chi connectivity index (χ4n) is 3.03. The van der Waals surface area contributed by atoms with E-state index in [2.05, 4.69) is 25.3 Å². The SMILES string of the molecule is COc1nc2ccccc2n1-c1nc(NCc2cccc(B(O)O)c2)nc(C(N)=O)n1. The van der Waals surface area contributed by atoms with E-state index >= 15 is 0 Å². The number of imidazole rings is 1. The minimum absolute atomic E-state index is 0.105. The zero-order valence-electron chi connectivity index (χ0n) is 16.4. The molecule has 0 aliphatic rings. The average Bonchev–Trinajstić information content (AvgIpc) is 3.16. The maximum Gasteiger partial charge on any atom is 0.488 e. The monoisotopic (exact) mass is 419 g/mol. The Bertz CT molecular complexity index is 1260. The van der Waals surface area contributed by atoms with Crippen LogP contribution in [0.15, 0.2) is 48.5 Å². The van der Waals surface area contributed by atoms with Crippen molar-refractivity contribution in [3.05, 3.63) is 59.9 Å². The fourth-order valence-corrected chi connectivity index (χ4v) is 3.03. The molecule has 2 heterocycles. The molecular formula is C19H18BN7O4. The number of amides is 1. The summed E-state index contributed by atoms with van der Waals surface area (Å²) < 4.78 is 6.91. The Labute approximate surface area is 176 Å². The van der Waals surface area contributed by atoms with Gasteiger partial charge in [-0.1, -0.05) is 36.4 Å². The number of carbonyl (C=O) groups excluding carboxylic acids is 1. The summed E-state index contributed by atoms with van der Waals surface area (Å²) in [7, 11) is -0.109. The van der Waals surface area contributed by atoms with Crippen LogP contribution in [-0.2, 0) is 6.54 Å². The number of nitrogens with two attached hydrogens (primary N) is 1. The molecule has 12 heteroatoms. The molecule has 5 N–H and O–H groups in total. The summed E-state index contributed by atoms with van der Waals surface area (Å²) in [5.74, 6) is -0.836. The van der Waals surface area contributed by atoms with Gasteiger partial charge in [0.1, 0.15) is 0 Å². The fraction of sp³-hybridized carbons (Fsp3) is 0.105. The number of aromatic nitrogens is 5. The van der Waals surface area contributed by atoms with Gasteiger partial charge in [0.2, 0.25) is 17.7 Å². The number of anilines is 1. The number of primary amides is 1. The standard InChI is InChI=1S/C19H18BN7O4/c1-31-19-23-13-7-2-3-8-14(13)27(19)18-25-16(15(21)28)24-17(26-18)22-10-11-5-4-6-12(9-11)20(29)30/h2-9,29-30H,10H2,1H3,(H2,21,28)(H,22,24,25,26). The summed E-state index contributed by atoms with van der Waals surface area (Å²) in [5.41, 5.74) is 7.86. The molecule has 2 aromatic heterocycles. The van der Waals surface area contributed by atoms with E-state index in [1.54, 1.807) is 28.8 Å². The van der Waals surface area contributed by atoms with E-state index in [9.17, 15) is 14.8 Å². The van der Waals surface area contributed by atoms with Gasteiger partial charge in [-0.2, -0.15) is 19.9 Å². The van der Waals surface area contributed by atoms with Crippen molar-refractivity contribution in [3.8, 4) is 12.0 Å². The van der Waals surface area contributed by atoms with E-state index in [1.807, 2.05) is 24.3 Å². The molecule has 0 aliphatic carbocycles. The van der Waals surface area contributed by atoms with Gasteiger partial charge in [0.15, 0.2) is 0 Å². The second-order valence-electron chi connectivity index (χ2n) is 6.54. The largest absolute Gasteiger partial charge is 0.488 e. The van der Waals surface area contributed by atoms with E-state index < -0.39 is 13.0 Å². The maximum atomic E-state index is 11.8. The summed E-state index contributed by atoms with van der Waals surface area (Å²) in [5, 5.41) is 21.7. The molecule has 0 saturated carbocycles. The number of methoxy groups -OCH3 is 1. The van der Waals surface area contributed by atoms with Crippen molar-refractivity contribution in [3.63, 3.8) is 0 Å². The van der Waals surface area contributed by atoms with E-state index in [0.717, 1.165) is 5.56 Å². The Morgan fingerprint density at radius 2 is 1.94 bits per heavy atom. The predicted octanol–water partition coefficient (Wildman–Crippen LogP) is -0.390. The van der Waals surface area contributed by atoms with E-state index in [-0.39, 0.29) is 30.3 Å². The lowest BCUT2D eigenvalue weighted by Crippen LogP contribution is -2.30. The zero-order chi connectivity index (χ0) is 22.0. The van der Waals surface area contributed by atoms with Crippen LogP contribution in [0.5, 0.6) is 6.01 Å². The first-order chi connectivity index (χ1) is 15.0. The number of carbonyl (C=O) groups is 1. The third kappa shape index (κ3) is 4.15. The number of hydrogen-bond donors (Lipinski definition) is 4. The summed E-state index contributed by atoms with van der Waals surface area (Å²) >= 11 is 0. The highest BCUT2D eigenvalue weighted by Gasteiger charge is 2.19. The first-order valence-corrected chi connectivity index (χ1v) is 9.23. The molecule has 2 aromatic carbocycles. The number of hydrogen-bond acceptors (Lipinski definition) is 9. The van der Waals surface area contributed by atoms with Gasteiger partial charge in [0, 0.05) is 6.54 Å². The second kappa shape index (κ2) is 8.38. The molecule has 0 radical (unpaired) electrons. The number of benzene rings is 2. The molecule has 0 atom stereocenters. The summed E-state index contributed by atoms with van der Waals surface area (Å²) in [6.07, 6.45) is 0. The van der Waals surface area contributed by atoms with Crippen molar-refractivity contribution in [2.24, 2.45) is 5.73 Å². The van der Waals surface area contributed by atoms with Gasteiger partial charge in [-0.15, -0.1) is 0 Å². The van der Waals surface area contributed by atoms with Gasteiger partial charge in [0.05, 0.1) is 18.1 Å². The van der Waals surface area contributed by atoms with Crippen LogP contribution in [0.3, 0.4) is 0 Å². The number of nitrogens with zero attached hydrogens (tertiary/aromatic N) is 5. The first-order valence-electron chi connectivity index (χ1n) is 9.23. The molecule has 11 nitrogen and oxygen atoms in total. The number of nitrogens with one attached hydrogen (secondary N) is 1. The number of ether oxygens (including phenoxy) is 1. The Hall–Kier alpha value is -4.03.